The zero-order valence-electron chi connectivity index (χ0n) is 19.6. The average molecular weight is 442 g/mol. The number of hydrogen-bond acceptors (Lipinski definition) is 4. The first-order valence-corrected chi connectivity index (χ1v) is 11.5. The molecular formula is C29H31NO3. The Labute approximate surface area is 196 Å². The van der Waals surface area contributed by atoms with Gasteiger partial charge in [-0.3, -0.25) is 9.69 Å². The summed E-state index contributed by atoms with van der Waals surface area (Å²) in [5.74, 6) is 6.92. The van der Waals surface area contributed by atoms with Crippen LogP contribution in [-0.2, 0) is 6.54 Å². The lowest BCUT2D eigenvalue weighted by Gasteiger charge is -2.32. The van der Waals surface area contributed by atoms with Crippen molar-refractivity contribution >= 4 is 16.6 Å². The van der Waals surface area contributed by atoms with Gasteiger partial charge in [0, 0.05) is 30.1 Å². The number of aliphatic hydroxyl groups is 1. The molecule has 1 fully saturated rings. The number of ether oxygens (including phenoxy) is 1. The molecule has 170 valence electrons. The normalized spacial score (nSPS) is 16.8. The number of Topliss-reactive ketones (excluding diaryl/α,β-unsaturated/α-hetero) is 1. The number of likely N-dealkylation sites (tertiary alicyclic amines) is 1. The summed E-state index contributed by atoms with van der Waals surface area (Å²) < 4.78 is 5.30. The van der Waals surface area contributed by atoms with Crippen molar-refractivity contribution in [2.24, 2.45) is 5.92 Å². The smallest absolute Gasteiger partial charge is 0.167 e. The maximum atomic E-state index is 13.3. The summed E-state index contributed by atoms with van der Waals surface area (Å²) in [4.78, 5) is 15.6. The van der Waals surface area contributed by atoms with E-state index in [1.807, 2.05) is 48.5 Å². The van der Waals surface area contributed by atoms with Gasteiger partial charge in [-0.1, -0.05) is 42.2 Å². The zero-order chi connectivity index (χ0) is 23.4. The van der Waals surface area contributed by atoms with Gasteiger partial charge in [0.05, 0.1) is 7.11 Å². The summed E-state index contributed by atoms with van der Waals surface area (Å²) in [5.41, 5.74) is 1.89. The molecule has 1 heterocycles. The minimum atomic E-state index is -0.994. The Kier molecular flexibility index (Phi) is 6.83. The highest BCUT2D eigenvalue weighted by molar-refractivity contribution is 6.01. The van der Waals surface area contributed by atoms with Crippen LogP contribution in [0, 0.1) is 17.8 Å². The maximum absolute atomic E-state index is 13.3. The highest BCUT2D eigenvalue weighted by Gasteiger charge is 2.26. The predicted molar refractivity (Wildman–Crippen MR) is 132 cm³/mol. The van der Waals surface area contributed by atoms with Crippen LogP contribution in [0.2, 0.25) is 0 Å². The van der Waals surface area contributed by atoms with E-state index in [-0.39, 0.29) is 11.7 Å². The molecule has 4 rings (SSSR count). The second kappa shape index (κ2) is 9.79. The number of carbonyl (C=O) groups excluding carboxylic acids is 1. The van der Waals surface area contributed by atoms with Crippen LogP contribution < -0.4 is 4.74 Å². The summed E-state index contributed by atoms with van der Waals surface area (Å²) in [6.45, 7) is 5.96. The first-order valence-electron chi connectivity index (χ1n) is 11.5. The number of fused-ring (bicyclic) bond motifs is 1. The van der Waals surface area contributed by atoms with Crippen molar-refractivity contribution in [2.45, 2.75) is 38.8 Å². The lowest BCUT2D eigenvalue weighted by molar-refractivity contribution is 0.0811. The second-order valence-electron chi connectivity index (χ2n) is 9.37. The molecule has 0 aromatic heterocycles. The van der Waals surface area contributed by atoms with Crippen molar-refractivity contribution in [1.29, 1.82) is 0 Å². The third kappa shape index (κ3) is 6.01. The van der Waals surface area contributed by atoms with Gasteiger partial charge in [-0.05, 0) is 79.9 Å². The number of nitrogens with zero attached hydrogens (tertiary/aromatic N) is 1. The van der Waals surface area contributed by atoms with Crippen LogP contribution in [0.15, 0.2) is 60.7 Å². The van der Waals surface area contributed by atoms with E-state index in [9.17, 15) is 9.90 Å². The highest BCUT2D eigenvalue weighted by atomic mass is 16.5. The quantitative estimate of drug-likeness (QED) is 0.444. The number of hydrogen-bond donors (Lipinski definition) is 1. The molecule has 0 radical (unpaired) electrons. The average Bonchev–Trinajstić information content (AvgIpc) is 2.82. The van der Waals surface area contributed by atoms with E-state index in [0.29, 0.717) is 0 Å². The van der Waals surface area contributed by atoms with E-state index < -0.39 is 5.60 Å². The molecule has 0 unspecified atom stereocenters. The molecule has 1 aliphatic heterocycles. The van der Waals surface area contributed by atoms with Gasteiger partial charge in [0.1, 0.15) is 11.4 Å². The first-order chi connectivity index (χ1) is 15.8. The molecule has 0 saturated carbocycles. The van der Waals surface area contributed by atoms with Gasteiger partial charge >= 0.3 is 0 Å². The van der Waals surface area contributed by atoms with E-state index in [1.165, 1.54) is 5.56 Å². The number of benzene rings is 3. The second-order valence-corrected chi connectivity index (χ2v) is 9.37. The van der Waals surface area contributed by atoms with Crippen LogP contribution in [0.3, 0.4) is 0 Å². The molecule has 1 aliphatic rings. The maximum Gasteiger partial charge on any atom is 0.167 e. The zero-order valence-corrected chi connectivity index (χ0v) is 19.6. The molecule has 0 bridgehead atoms. The summed E-state index contributed by atoms with van der Waals surface area (Å²) in [6.07, 6.45) is 1.96. The van der Waals surface area contributed by atoms with Gasteiger partial charge in [0.2, 0.25) is 0 Å². The third-order valence-corrected chi connectivity index (χ3v) is 6.08. The van der Waals surface area contributed by atoms with Gasteiger partial charge in [-0.25, -0.2) is 0 Å². The van der Waals surface area contributed by atoms with Crippen molar-refractivity contribution in [2.75, 3.05) is 20.2 Å². The van der Waals surface area contributed by atoms with E-state index in [2.05, 4.69) is 28.9 Å². The first kappa shape index (κ1) is 23.0. The van der Waals surface area contributed by atoms with Crippen molar-refractivity contribution in [3.8, 4) is 17.6 Å². The minimum Gasteiger partial charge on any atom is -0.497 e. The Morgan fingerprint density at radius 3 is 2.55 bits per heavy atom. The largest absolute Gasteiger partial charge is 0.497 e. The summed E-state index contributed by atoms with van der Waals surface area (Å²) >= 11 is 0. The Hall–Kier alpha value is -3.13. The van der Waals surface area contributed by atoms with Gasteiger partial charge in [0.15, 0.2) is 5.78 Å². The molecule has 3 aromatic carbocycles. The monoisotopic (exact) mass is 441 g/mol. The van der Waals surface area contributed by atoms with Crippen LogP contribution in [0.5, 0.6) is 5.75 Å². The fraction of sp³-hybridized carbons (Fsp3) is 0.345. The van der Waals surface area contributed by atoms with Crippen LogP contribution in [0.1, 0.15) is 48.2 Å². The van der Waals surface area contributed by atoms with E-state index >= 15 is 0 Å². The number of piperidine rings is 1. The van der Waals surface area contributed by atoms with Gasteiger partial charge in [-0.15, -0.1) is 0 Å². The molecule has 3 aromatic rings. The fourth-order valence-corrected chi connectivity index (χ4v) is 4.33. The van der Waals surface area contributed by atoms with Gasteiger partial charge in [-0.2, -0.15) is 0 Å². The Balaban J connectivity index is 1.41. The molecule has 1 saturated heterocycles. The molecule has 1 atom stereocenters. The van der Waals surface area contributed by atoms with Crippen LogP contribution >= 0.6 is 0 Å². The van der Waals surface area contributed by atoms with Crippen molar-refractivity contribution in [3.05, 3.63) is 77.4 Å². The Morgan fingerprint density at radius 1 is 1.09 bits per heavy atom. The van der Waals surface area contributed by atoms with Crippen LogP contribution in [0.4, 0.5) is 0 Å². The lowest BCUT2D eigenvalue weighted by atomic mass is 9.89. The highest BCUT2D eigenvalue weighted by Crippen LogP contribution is 2.26. The fourth-order valence-electron chi connectivity index (χ4n) is 4.33. The number of rotatable bonds is 5. The molecule has 4 nitrogen and oxygen atoms in total. The molecule has 0 aliphatic carbocycles. The lowest BCUT2D eigenvalue weighted by Crippen LogP contribution is -2.38. The molecular weight excluding hydrogens is 410 g/mol. The molecule has 33 heavy (non-hydrogen) atoms. The SMILES string of the molecule is COc1ccc2cc(C(=O)[C@H]3CCCN(Cc4ccc(C#CC(C)(C)O)cc4)C3)ccc2c1. The molecule has 4 heteroatoms. The van der Waals surface area contributed by atoms with Crippen LogP contribution in [-0.4, -0.2) is 41.6 Å². The van der Waals surface area contributed by atoms with E-state index in [4.69, 9.17) is 4.74 Å². The summed E-state index contributed by atoms with van der Waals surface area (Å²) in [6, 6.07) is 20.0. The van der Waals surface area contributed by atoms with Crippen molar-refractivity contribution in [3.63, 3.8) is 0 Å². The summed E-state index contributed by atoms with van der Waals surface area (Å²) in [7, 11) is 1.66. The third-order valence-electron chi connectivity index (χ3n) is 6.08. The van der Waals surface area contributed by atoms with E-state index in [0.717, 1.165) is 60.1 Å². The minimum absolute atomic E-state index is 0.0198. The standard InChI is InChI=1S/C29H31NO3/c1-29(2,32)15-14-21-6-8-22(9-7-21)19-30-16-4-5-26(20-30)28(31)25-11-10-24-18-27(33-3)13-12-23(24)17-25/h6-13,17-18,26,32H,4-5,16,19-20H2,1-3H3/t26-/m0/s1. The molecule has 0 amide bonds. The Morgan fingerprint density at radius 2 is 1.82 bits per heavy atom. The number of methoxy groups -OCH3 is 1. The van der Waals surface area contributed by atoms with Crippen molar-refractivity contribution in [1.82, 2.24) is 4.90 Å². The molecule has 1 N–H and O–H groups in total. The summed E-state index contributed by atoms with van der Waals surface area (Å²) in [5, 5.41) is 11.9. The topological polar surface area (TPSA) is 49.8 Å². The molecule has 0 spiro atoms. The van der Waals surface area contributed by atoms with Gasteiger partial charge in [0.25, 0.3) is 0 Å². The van der Waals surface area contributed by atoms with Crippen LogP contribution in [0.25, 0.3) is 10.8 Å². The van der Waals surface area contributed by atoms with Crippen molar-refractivity contribution < 1.29 is 14.6 Å². The van der Waals surface area contributed by atoms with E-state index in [1.54, 1.807) is 21.0 Å². The number of carbonyl (C=O) groups is 1. The van der Waals surface area contributed by atoms with Gasteiger partial charge < -0.3 is 9.84 Å². The Bertz CT molecular complexity index is 1200. The number of ketones is 1. The predicted octanol–water partition coefficient (Wildman–Crippen LogP) is 5.07.